The second kappa shape index (κ2) is 7.70. The zero-order valence-electron chi connectivity index (χ0n) is 15.8. The summed E-state index contributed by atoms with van der Waals surface area (Å²) in [5, 5.41) is 0. The summed E-state index contributed by atoms with van der Waals surface area (Å²) in [6.07, 6.45) is 0.775. The van der Waals surface area contributed by atoms with Gasteiger partial charge in [0.25, 0.3) is 0 Å². The molecule has 6 nitrogen and oxygen atoms in total. The van der Waals surface area contributed by atoms with Crippen LogP contribution in [0.2, 0.25) is 0 Å². The van der Waals surface area contributed by atoms with E-state index in [1.54, 1.807) is 17.0 Å². The number of carbonyl (C=O) groups excluding carboxylic acids is 1. The molecule has 1 amide bonds. The van der Waals surface area contributed by atoms with Crippen molar-refractivity contribution in [1.82, 2.24) is 4.31 Å². The Morgan fingerprint density at radius 2 is 1.85 bits per heavy atom. The highest BCUT2D eigenvalue weighted by Gasteiger charge is 2.33. The van der Waals surface area contributed by atoms with Crippen LogP contribution in [-0.2, 0) is 21.2 Å². The van der Waals surface area contributed by atoms with Crippen molar-refractivity contribution < 1.29 is 17.9 Å². The molecule has 0 N–H and O–H groups in total. The Morgan fingerprint density at radius 1 is 1.19 bits per heavy atom. The lowest BCUT2D eigenvalue weighted by atomic mass is 10.1. The normalized spacial score (nSPS) is 16.4. The van der Waals surface area contributed by atoms with E-state index in [0.29, 0.717) is 12.4 Å². The summed E-state index contributed by atoms with van der Waals surface area (Å²) < 4.78 is 32.0. The largest absolute Gasteiger partial charge is 0.494 e. The first-order chi connectivity index (χ1) is 12.8. The van der Waals surface area contributed by atoms with Crippen molar-refractivity contribution in [3.8, 4) is 5.75 Å². The summed E-state index contributed by atoms with van der Waals surface area (Å²) in [7, 11) is -2.33. The van der Waals surface area contributed by atoms with Crippen molar-refractivity contribution in [2.24, 2.45) is 0 Å². The predicted octanol–water partition coefficient (Wildman–Crippen LogP) is 2.68. The van der Waals surface area contributed by atoms with Gasteiger partial charge in [-0.15, -0.1) is 0 Å². The van der Waals surface area contributed by atoms with E-state index in [-0.39, 0.29) is 23.4 Å². The molecule has 1 atom stereocenters. The van der Waals surface area contributed by atoms with E-state index in [1.165, 1.54) is 19.2 Å². The lowest BCUT2D eigenvalue weighted by molar-refractivity contribution is -0.118. The van der Waals surface area contributed by atoms with Gasteiger partial charge in [-0.05, 0) is 56.2 Å². The number of fused-ring (bicyclic) bond motifs is 1. The molecule has 0 aromatic heterocycles. The Balaban J connectivity index is 1.76. The van der Waals surface area contributed by atoms with Crippen LogP contribution >= 0.6 is 0 Å². The molecular formula is C20H24N2O4S. The van der Waals surface area contributed by atoms with Crippen molar-refractivity contribution in [3.63, 3.8) is 0 Å². The SMILES string of the molecule is CCOc1ccc(S(=O)(=O)N(C)CC(=O)N2c3ccccc3CC2C)cc1. The third-order valence-corrected chi connectivity index (χ3v) is 6.49. The second-order valence-electron chi connectivity index (χ2n) is 6.61. The highest BCUT2D eigenvalue weighted by Crippen LogP contribution is 2.32. The fraction of sp³-hybridized carbons (Fsp3) is 0.350. The molecule has 0 fully saturated rings. The average Bonchev–Trinajstić information content (AvgIpc) is 2.98. The maximum absolute atomic E-state index is 12.8. The van der Waals surface area contributed by atoms with Crippen LogP contribution in [0.15, 0.2) is 53.4 Å². The topological polar surface area (TPSA) is 66.9 Å². The maximum atomic E-state index is 12.8. The molecule has 2 aromatic carbocycles. The van der Waals surface area contributed by atoms with Gasteiger partial charge in [-0.1, -0.05) is 18.2 Å². The van der Waals surface area contributed by atoms with Crippen LogP contribution in [-0.4, -0.2) is 44.9 Å². The lowest BCUT2D eigenvalue weighted by Gasteiger charge is -2.25. The van der Waals surface area contributed by atoms with Gasteiger partial charge in [-0.3, -0.25) is 4.79 Å². The molecule has 7 heteroatoms. The smallest absolute Gasteiger partial charge is 0.243 e. The molecule has 0 saturated carbocycles. The summed E-state index contributed by atoms with van der Waals surface area (Å²) in [5.74, 6) is 0.377. The van der Waals surface area contributed by atoms with Gasteiger partial charge in [-0.2, -0.15) is 4.31 Å². The van der Waals surface area contributed by atoms with Crippen LogP contribution in [0.5, 0.6) is 5.75 Å². The monoisotopic (exact) mass is 388 g/mol. The number of nitrogens with zero attached hydrogens (tertiary/aromatic N) is 2. The van der Waals surface area contributed by atoms with Crippen molar-refractivity contribution in [2.45, 2.75) is 31.2 Å². The minimum absolute atomic E-state index is 0.0106. The third kappa shape index (κ3) is 3.84. The summed E-state index contributed by atoms with van der Waals surface area (Å²) in [6.45, 7) is 4.13. The predicted molar refractivity (Wildman–Crippen MR) is 105 cm³/mol. The minimum Gasteiger partial charge on any atom is -0.494 e. The number of para-hydroxylation sites is 1. The first-order valence-electron chi connectivity index (χ1n) is 8.93. The van der Waals surface area contributed by atoms with E-state index in [9.17, 15) is 13.2 Å². The number of likely N-dealkylation sites (N-methyl/N-ethyl adjacent to an activating group) is 1. The molecule has 0 spiro atoms. The minimum atomic E-state index is -3.76. The van der Waals surface area contributed by atoms with E-state index < -0.39 is 10.0 Å². The van der Waals surface area contributed by atoms with Crippen LogP contribution in [0, 0.1) is 0 Å². The van der Waals surface area contributed by atoms with Gasteiger partial charge in [-0.25, -0.2) is 8.42 Å². The molecule has 0 radical (unpaired) electrons. The molecule has 3 rings (SSSR count). The van der Waals surface area contributed by atoms with Crippen LogP contribution in [0.1, 0.15) is 19.4 Å². The number of hydrogen-bond donors (Lipinski definition) is 0. The van der Waals surface area contributed by atoms with Crippen LogP contribution in [0.3, 0.4) is 0 Å². The Morgan fingerprint density at radius 3 is 2.52 bits per heavy atom. The van der Waals surface area contributed by atoms with Gasteiger partial charge in [0.15, 0.2) is 0 Å². The van der Waals surface area contributed by atoms with Crippen LogP contribution < -0.4 is 9.64 Å². The fourth-order valence-corrected chi connectivity index (χ4v) is 4.47. The molecule has 1 aliphatic rings. The van der Waals surface area contributed by atoms with E-state index in [1.807, 2.05) is 38.1 Å². The maximum Gasteiger partial charge on any atom is 0.243 e. The molecule has 1 heterocycles. The Kier molecular flexibility index (Phi) is 5.53. The van der Waals surface area contributed by atoms with E-state index in [4.69, 9.17) is 4.74 Å². The number of benzene rings is 2. The van der Waals surface area contributed by atoms with Gasteiger partial charge in [0.05, 0.1) is 18.0 Å². The molecule has 144 valence electrons. The Hall–Kier alpha value is -2.38. The van der Waals surface area contributed by atoms with Crippen molar-refractivity contribution >= 4 is 21.6 Å². The molecule has 1 unspecified atom stereocenters. The number of anilines is 1. The number of hydrogen-bond acceptors (Lipinski definition) is 4. The molecule has 0 bridgehead atoms. The van der Waals surface area contributed by atoms with Gasteiger partial charge in [0.2, 0.25) is 15.9 Å². The second-order valence-corrected chi connectivity index (χ2v) is 8.66. The van der Waals surface area contributed by atoms with Gasteiger partial charge >= 0.3 is 0 Å². The molecular weight excluding hydrogens is 364 g/mol. The van der Waals surface area contributed by atoms with Crippen LogP contribution in [0.25, 0.3) is 0 Å². The van der Waals surface area contributed by atoms with Gasteiger partial charge in [0, 0.05) is 18.8 Å². The van der Waals surface area contributed by atoms with Crippen molar-refractivity contribution in [3.05, 3.63) is 54.1 Å². The summed E-state index contributed by atoms with van der Waals surface area (Å²) >= 11 is 0. The first-order valence-corrected chi connectivity index (χ1v) is 10.4. The van der Waals surface area contributed by atoms with E-state index in [0.717, 1.165) is 22.0 Å². The Bertz CT molecular complexity index is 925. The van der Waals surface area contributed by atoms with Crippen molar-refractivity contribution in [1.29, 1.82) is 0 Å². The average molecular weight is 388 g/mol. The molecule has 27 heavy (non-hydrogen) atoms. The zero-order chi connectivity index (χ0) is 19.6. The first kappa shape index (κ1) is 19.4. The molecule has 2 aromatic rings. The van der Waals surface area contributed by atoms with Gasteiger partial charge in [0.1, 0.15) is 5.75 Å². The summed E-state index contributed by atoms with van der Waals surface area (Å²) in [6, 6.07) is 14.0. The fourth-order valence-electron chi connectivity index (χ4n) is 3.35. The van der Waals surface area contributed by atoms with Crippen molar-refractivity contribution in [2.75, 3.05) is 25.1 Å². The number of ether oxygens (including phenoxy) is 1. The summed E-state index contributed by atoms with van der Waals surface area (Å²) in [5.41, 5.74) is 1.97. The molecule has 0 aliphatic carbocycles. The quantitative estimate of drug-likeness (QED) is 0.763. The Labute approximate surface area is 160 Å². The van der Waals surface area contributed by atoms with Crippen LogP contribution in [0.4, 0.5) is 5.69 Å². The number of sulfonamides is 1. The number of rotatable bonds is 6. The van der Waals surface area contributed by atoms with E-state index >= 15 is 0 Å². The number of carbonyl (C=O) groups is 1. The molecule has 1 aliphatic heterocycles. The van der Waals surface area contributed by atoms with Gasteiger partial charge < -0.3 is 9.64 Å². The van der Waals surface area contributed by atoms with E-state index in [2.05, 4.69) is 0 Å². The molecule has 0 saturated heterocycles. The third-order valence-electron chi connectivity index (χ3n) is 4.68. The highest BCUT2D eigenvalue weighted by molar-refractivity contribution is 7.89. The standard InChI is InChI=1S/C20H24N2O4S/c1-4-26-17-9-11-18(12-10-17)27(24,25)21(3)14-20(23)22-15(2)13-16-7-5-6-8-19(16)22/h5-12,15H,4,13-14H2,1-3H3. The highest BCUT2D eigenvalue weighted by atomic mass is 32.2. The number of amides is 1. The zero-order valence-corrected chi connectivity index (χ0v) is 16.6. The lowest BCUT2D eigenvalue weighted by Crippen LogP contribution is -2.43. The summed E-state index contributed by atoms with van der Waals surface area (Å²) in [4.78, 5) is 14.7.